The van der Waals surface area contributed by atoms with Gasteiger partial charge in [0.25, 0.3) is 0 Å². The summed E-state index contributed by atoms with van der Waals surface area (Å²) in [5, 5.41) is 3.98. The molecule has 26 heavy (non-hydrogen) atoms. The fourth-order valence-corrected chi connectivity index (χ4v) is 3.30. The van der Waals surface area contributed by atoms with Gasteiger partial charge in [-0.25, -0.2) is 4.39 Å². The lowest BCUT2D eigenvalue weighted by Gasteiger charge is -2.17. The van der Waals surface area contributed by atoms with Crippen molar-refractivity contribution in [2.24, 2.45) is 7.05 Å². The molecule has 0 aliphatic rings. The van der Waals surface area contributed by atoms with Gasteiger partial charge >= 0.3 is 0 Å². The maximum Gasteiger partial charge on any atom is 0.221 e. The largest absolute Gasteiger partial charge is 0.383 e. The molecule has 5 heteroatoms. The van der Waals surface area contributed by atoms with Crippen molar-refractivity contribution in [2.45, 2.75) is 12.3 Å². The van der Waals surface area contributed by atoms with Crippen molar-refractivity contribution in [3.05, 3.63) is 71.7 Å². The Morgan fingerprint density at radius 2 is 1.92 bits per heavy atom. The standard InChI is InChI=1S/C21H23FN2O2/c1-24-14-19(17-5-3-4-6-20(17)24)18(13-21(25)23-11-12-26-2)15-7-9-16(22)10-8-15/h3-10,14,18H,11-13H2,1-2H3,(H,23,25)/t18-/m0/s1. The Kier molecular flexibility index (Phi) is 5.68. The summed E-state index contributed by atoms with van der Waals surface area (Å²) in [5.41, 5.74) is 3.09. The zero-order valence-electron chi connectivity index (χ0n) is 15.0. The number of aromatic nitrogens is 1. The second-order valence-corrected chi connectivity index (χ2v) is 6.36. The van der Waals surface area contributed by atoms with Crippen LogP contribution in [0, 0.1) is 5.82 Å². The smallest absolute Gasteiger partial charge is 0.221 e. The number of ether oxygens (including phenoxy) is 1. The minimum Gasteiger partial charge on any atom is -0.383 e. The number of methoxy groups -OCH3 is 1. The van der Waals surface area contributed by atoms with Gasteiger partial charge in [-0.1, -0.05) is 30.3 Å². The maximum absolute atomic E-state index is 13.4. The molecule has 1 amide bonds. The van der Waals surface area contributed by atoms with Crippen LogP contribution >= 0.6 is 0 Å². The number of amides is 1. The molecule has 0 aliphatic carbocycles. The Morgan fingerprint density at radius 1 is 1.19 bits per heavy atom. The molecule has 0 saturated heterocycles. The molecule has 1 heterocycles. The van der Waals surface area contributed by atoms with Crippen LogP contribution in [0.25, 0.3) is 10.9 Å². The van der Waals surface area contributed by atoms with Crippen molar-refractivity contribution in [2.75, 3.05) is 20.3 Å². The van der Waals surface area contributed by atoms with Crippen LogP contribution in [0.3, 0.4) is 0 Å². The van der Waals surface area contributed by atoms with Gasteiger partial charge in [0.05, 0.1) is 6.61 Å². The van der Waals surface area contributed by atoms with Crippen LogP contribution in [0.4, 0.5) is 4.39 Å². The van der Waals surface area contributed by atoms with Crippen molar-refractivity contribution in [3.8, 4) is 0 Å². The van der Waals surface area contributed by atoms with Gasteiger partial charge < -0.3 is 14.6 Å². The number of halogens is 1. The van der Waals surface area contributed by atoms with E-state index in [1.54, 1.807) is 19.2 Å². The van der Waals surface area contributed by atoms with Crippen LogP contribution in [0.2, 0.25) is 0 Å². The van der Waals surface area contributed by atoms with Crippen molar-refractivity contribution in [1.82, 2.24) is 9.88 Å². The van der Waals surface area contributed by atoms with Crippen LogP contribution in [0.5, 0.6) is 0 Å². The number of carbonyl (C=O) groups is 1. The molecule has 1 N–H and O–H groups in total. The number of benzene rings is 2. The number of carbonyl (C=O) groups excluding carboxylic acids is 1. The monoisotopic (exact) mass is 354 g/mol. The van der Waals surface area contributed by atoms with Crippen LogP contribution in [-0.4, -0.2) is 30.7 Å². The van der Waals surface area contributed by atoms with E-state index in [4.69, 9.17) is 4.74 Å². The molecule has 2 aromatic carbocycles. The maximum atomic E-state index is 13.4. The van der Waals surface area contributed by atoms with E-state index < -0.39 is 0 Å². The quantitative estimate of drug-likeness (QED) is 0.659. The first kappa shape index (κ1) is 18.1. The molecule has 3 rings (SSSR count). The van der Waals surface area contributed by atoms with Gasteiger partial charge in [0.15, 0.2) is 0 Å². The number of para-hydroxylation sites is 1. The predicted molar refractivity (Wildman–Crippen MR) is 101 cm³/mol. The Balaban J connectivity index is 1.97. The van der Waals surface area contributed by atoms with E-state index in [9.17, 15) is 9.18 Å². The highest BCUT2D eigenvalue weighted by Crippen LogP contribution is 2.34. The third-order valence-corrected chi connectivity index (χ3v) is 4.59. The molecule has 0 spiro atoms. The van der Waals surface area contributed by atoms with Gasteiger partial charge in [0, 0.05) is 50.1 Å². The van der Waals surface area contributed by atoms with Crippen LogP contribution in [0.15, 0.2) is 54.7 Å². The minimum absolute atomic E-state index is 0.0516. The summed E-state index contributed by atoms with van der Waals surface area (Å²) in [6.07, 6.45) is 2.35. The first-order valence-corrected chi connectivity index (χ1v) is 8.65. The topological polar surface area (TPSA) is 43.3 Å². The lowest BCUT2D eigenvalue weighted by molar-refractivity contribution is -0.121. The third kappa shape index (κ3) is 3.94. The molecule has 3 aromatic rings. The van der Waals surface area contributed by atoms with E-state index in [0.29, 0.717) is 19.6 Å². The van der Waals surface area contributed by atoms with Gasteiger partial charge in [0.2, 0.25) is 5.91 Å². The minimum atomic E-state index is -0.282. The summed E-state index contributed by atoms with van der Waals surface area (Å²) in [7, 11) is 3.59. The summed E-state index contributed by atoms with van der Waals surface area (Å²) < 4.78 is 20.4. The van der Waals surface area contributed by atoms with E-state index in [0.717, 1.165) is 22.0 Å². The second kappa shape index (κ2) is 8.15. The Hall–Kier alpha value is -2.66. The zero-order chi connectivity index (χ0) is 18.5. The molecule has 1 aromatic heterocycles. The molecule has 136 valence electrons. The van der Waals surface area contributed by atoms with E-state index in [1.807, 2.05) is 19.2 Å². The summed E-state index contributed by atoms with van der Waals surface area (Å²) in [6.45, 7) is 0.947. The van der Waals surface area contributed by atoms with Crippen LogP contribution in [0.1, 0.15) is 23.5 Å². The highest BCUT2D eigenvalue weighted by molar-refractivity contribution is 5.86. The Morgan fingerprint density at radius 3 is 2.65 bits per heavy atom. The number of fused-ring (bicyclic) bond motifs is 1. The number of nitrogens with zero attached hydrogens (tertiary/aromatic N) is 1. The van der Waals surface area contributed by atoms with Crippen LogP contribution in [-0.2, 0) is 16.6 Å². The van der Waals surface area contributed by atoms with Crippen molar-refractivity contribution in [1.29, 1.82) is 0 Å². The summed E-state index contributed by atoms with van der Waals surface area (Å²) in [5.74, 6) is -0.483. The summed E-state index contributed by atoms with van der Waals surface area (Å²) in [6, 6.07) is 14.5. The normalized spacial score (nSPS) is 12.3. The lowest BCUT2D eigenvalue weighted by Crippen LogP contribution is -2.28. The highest BCUT2D eigenvalue weighted by Gasteiger charge is 2.22. The van der Waals surface area contributed by atoms with Gasteiger partial charge in [-0.2, -0.15) is 0 Å². The Labute approximate surface area is 152 Å². The molecule has 0 aliphatic heterocycles. The number of nitrogens with one attached hydrogen (secondary N) is 1. The molecular weight excluding hydrogens is 331 g/mol. The first-order valence-electron chi connectivity index (χ1n) is 8.65. The molecular formula is C21H23FN2O2. The average Bonchev–Trinajstić information content (AvgIpc) is 2.98. The number of rotatable bonds is 7. The first-order chi connectivity index (χ1) is 12.6. The average molecular weight is 354 g/mol. The molecule has 1 atom stereocenters. The van der Waals surface area contributed by atoms with Gasteiger partial charge in [-0.15, -0.1) is 0 Å². The lowest BCUT2D eigenvalue weighted by atomic mass is 9.88. The predicted octanol–water partition coefficient (Wildman–Crippen LogP) is 3.60. The number of hydrogen-bond donors (Lipinski definition) is 1. The molecule has 0 saturated carbocycles. The van der Waals surface area contributed by atoms with Gasteiger partial charge in [-0.05, 0) is 29.3 Å². The fourth-order valence-electron chi connectivity index (χ4n) is 3.30. The van der Waals surface area contributed by atoms with E-state index in [-0.39, 0.29) is 17.6 Å². The van der Waals surface area contributed by atoms with Crippen molar-refractivity contribution < 1.29 is 13.9 Å². The SMILES string of the molecule is COCCNC(=O)C[C@@H](c1ccc(F)cc1)c1cn(C)c2ccccc12. The van der Waals surface area contributed by atoms with E-state index in [2.05, 4.69) is 28.2 Å². The van der Waals surface area contributed by atoms with Crippen LogP contribution < -0.4 is 5.32 Å². The Bertz CT molecular complexity index is 887. The van der Waals surface area contributed by atoms with Crippen molar-refractivity contribution in [3.63, 3.8) is 0 Å². The molecule has 0 radical (unpaired) electrons. The van der Waals surface area contributed by atoms with E-state index in [1.165, 1.54) is 12.1 Å². The fraction of sp³-hybridized carbons (Fsp3) is 0.286. The number of aryl methyl sites for hydroxylation is 1. The summed E-state index contributed by atoms with van der Waals surface area (Å²) >= 11 is 0. The van der Waals surface area contributed by atoms with Crippen molar-refractivity contribution >= 4 is 16.8 Å². The summed E-state index contributed by atoms with van der Waals surface area (Å²) in [4.78, 5) is 12.4. The highest BCUT2D eigenvalue weighted by atomic mass is 19.1. The zero-order valence-corrected chi connectivity index (χ0v) is 15.0. The molecule has 0 fully saturated rings. The molecule has 0 bridgehead atoms. The second-order valence-electron chi connectivity index (χ2n) is 6.36. The van der Waals surface area contributed by atoms with Gasteiger partial charge in [0.1, 0.15) is 5.82 Å². The third-order valence-electron chi connectivity index (χ3n) is 4.59. The van der Waals surface area contributed by atoms with Gasteiger partial charge in [-0.3, -0.25) is 4.79 Å². The molecule has 0 unspecified atom stereocenters. The van der Waals surface area contributed by atoms with E-state index >= 15 is 0 Å². The number of hydrogen-bond acceptors (Lipinski definition) is 2. The molecule has 4 nitrogen and oxygen atoms in total.